The van der Waals surface area contributed by atoms with Crippen LogP contribution in [-0.2, 0) is 16.4 Å². The summed E-state index contributed by atoms with van der Waals surface area (Å²) in [5, 5.41) is 11.0. The second-order valence-electron chi connectivity index (χ2n) is 7.06. The smallest absolute Gasteiger partial charge is 0.272 e. The molecule has 3 rings (SSSR count). The predicted molar refractivity (Wildman–Crippen MR) is 104 cm³/mol. The number of aromatic nitrogens is 2. The van der Waals surface area contributed by atoms with E-state index in [0.29, 0.717) is 18.8 Å². The Hall–Kier alpha value is -2.48. The van der Waals surface area contributed by atoms with Crippen LogP contribution >= 0.6 is 0 Å². The maximum Gasteiger partial charge on any atom is 0.272 e. The lowest BCUT2D eigenvalue weighted by atomic mass is 10.2. The van der Waals surface area contributed by atoms with Gasteiger partial charge in [-0.1, -0.05) is 30.3 Å². The van der Waals surface area contributed by atoms with Crippen molar-refractivity contribution in [2.24, 2.45) is 0 Å². The number of anilines is 1. The zero-order chi connectivity index (χ0) is 19.4. The third-order valence-electron chi connectivity index (χ3n) is 4.56. The Labute approximate surface area is 159 Å². The number of sulfone groups is 1. The standard InChI is InChI=1S/C19H24N4O3S/c1-14(2)23(12-15-6-4-3-5-7-15)18-9-8-17(21-22-18)19(24)20-16-10-11-27(25,26)13-16/h3-9,14,16H,10-13H2,1-2H3,(H,20,24). The lowest BCUT2D eigenvalue weighted by molar-refractivity contribution is 0.0935. The van der Waals surface area contributed by atoms with Gasteiger partial charge in [0.1, 0.15) is 0 Å². The first-order chi connectivity index (χ1) is 12.8. The maximum atomic E-state index is 12.3. The Morgan fingerprint density at radius 2 is 1.93 bits per heavy atom. The van der Waals surface area contributed by atoms with Gasteiger partial charge in [0.2, 0.25) is 0 Å². The quantitative estimate of drug-likeness (QED) is 0.811. The number of carbonyl (C=O) groups excluding carboxylic acids is 1. The van der Waals surface area contributed by atoms with Crippen LogP contribution in [0.2, 0.25) is 0 Å². The number of nitrogens with zero attached hydrogens (tertiary/aromatic N) is 3. The summed E-state index contributed by atoms with van der Waals surface area (Å²) in [4.78, 5) is 14.4. The Morgan fingerprint density at radius 1 is 1.19 bits per heavy atom. The van der Waals surface area contributed by atoms with Gasteiger partial charge in [0.15, 0.2) is 21.3 Å². The molecule has 8 heteroatoms. The molecule has 1 fully saturated rings. The van der Waals surface area contributed by atoms with Crippen molar-refractivity contribution in [3.8, 4) is 0 Å². The van der Waals surface area contributed by atoms with Gasteiger partial charge in [0, 0.05) is 18.6 Å². The predicted octanol–water partition coefficient (Wildman–Crippen LogP) is 1.81. The van der Waals surface area contributed by atoms with E-state index in [2.05, 4.69) is 46.4 Å². The van der Waals surface area contributed by atoms with Crippen molar-refractivity contribution in [3.05, 3.63) is 53.7 Å². The largest absolute Gasteiger partial charge is 0.348 e. The fraction of sp³-hybridized carbons (Fsp3) is 0.421. The van der Waals surface area contributed by atoms with Crippen LogP contribution in [0.5, 0.6) is 0 Å². The molecule has 1 aromatic heterocycles. The van der Waals surface area contributed by atoms with Gasteiger partial charge in [0.25, 0.3) is 5.91 Å². The molecule has 1 atom stereocenters. The van der Waals surface area contributed by atoms with Gasteiger partial charge in [0.05, 0.1) is 11.5 Å². The average molecular weight is 388 g/mol. The van der Waals surface area contributed by atoms with Crippen LogP contribution in [0.1, 0.15) is 36.3 Å². The third kappa shape index (κ3) is 5.03. The summed E-state index contributed by atoms with van der Waals surface area (Å²) in [7, 11) is -3.04. The van der Waals surface area contributed by atoms with Crippen molar-refractivity contribution in [2.45, 2.75) is 38.9 Å². The van der Waals surface area contributed by atoms with Crippen molar-refractivity contribution in [2.75, 3.05) is 16.4 Å². The molecule has 7 nitrogen and oxygen atoms in total. The Balaban J connectivity index is 1.68. The number of benzene rings is 1. The van der Waals surface area contributed by atoms with Crippen molar-refractivity contribution in [1.82, 2.24) is 15.5 Å². The molecule has 0 aliphatic carbocycles. The summed E-state index contributed by atoms with van der Waals surface area (Å²) < 4.78 is 23.0. The zero-order valence-corrected chi connectivity index (χ0v) is 16.3. The molecule has 1 aliphatic rings. The highest BCUT2D eigenvalue weighted by Crippen LogP contribution is 2.17. The van der Waals surface area contributed by atoms with Crippen molar-refractivity contribution >= 4 is 21.6 Å². The van der Waals surface area contributed by atoms with E-state index >= 15 is 0 Å². The molecule has 1 amide bonds. The molecule has 0 bridgehead atoms. The number of hydrogen-bond donors (Lipinski definition) is 1. The number of rotatable bonds is 6. The highest BCUT2D eigenvalue weighted by atomic mass is 32.2. The number of hydrogen-bond acceptors (Lipinski definition) is 6. The number of nitrogens with one attached hydrogen (secondary N) is 1. The molecule has 2 heterocycles. The van der Waals surface area contributed by atoms with Crippen molar-refractivity contribution in [1.29, 1.82) is 0 Å². The first-order valence-electron chi connectivity index (χ1n) is 8.99. The van der Waals surface area contributed by atoms with Crippen LogP contribution in [0.4, 0.5) is 5.82 Å². The van der Waals surface area contributed by atoms with Crippen molar-refractivity contribution in [3.63, 3.8) is 0 Å². The second-order valence-corrected chi connectivity index (χ2v) is 9.29. The van der Waals surface area contributed by atoms with E-state index in [1.54, 1.807) is 12.1 Å². The summed E-state index contributed by atoms with van der Waals surface area (Å²) in [6.07, 6.45) is 0.442. The topological polar surface area (TPSA) is 92.3 Å². The van der Waals surface area contributed by atoms with Gasteiger partial charge in [-0.3, -0.25) is 4.79 Å². The van der Waals surface area contributed by atoms with Gasteiger partial charge >= 0.3 is 0 Å². The highest BCUT2D eigenvalue weighted by molar-refractivity contribution is 7.91. The summed E-state index contributed by atoms with van der Waals surface area (Å²) in [5.74, 6) is 0.401. The average Bonchev–Trinajstić information content (AvgIpc) is 2.99. The maximum absolute atomic E-state index is 12.3. The summed E-state index contributed by atoms with van der Waals surface area (Å²) >= 11 is 0. The van der Waals surface area contributed by atoms with Gasteiger partial charge in [-0.15, -0.1) is 10.2 Å². The van der Waals surface area contributed by atoms with E-state index < -0.39 is 15.7 Å². The van der Waals surface area contributed by atoms with E-state index in [1.165, 1.54) is 0 Å². The fourth-order valence-corrected chi connectivity index (χ4v) is 4.75. The molecule has 0 spiro atoms. The van der Waals surface area contributed by atoms with Crippen LogP contribution in [0.15, 0.2) is 42.5 Å². The van der Waals surface area contributed by atoms with E-state index in [9.17, 15) is 13.2 Å². The van der Waals surface area contributed by atoms with Gasteiger partial charge in [-0.25, -0.2) is 8.42 Å². The Bertz CT molecular complexity index is 883. The molecule has 1 saturated heterocycles. The molecule has 0 saturated carbocycles. The summed E-state index contributed by atoms with van der Waals surface area (Å²) in [6, 6.07) is 13.3. The SMILES string of the molecule is CC(C)N(Cc1ccccc1)c1ccc(C(=O)NC2CCS(=O)(=O)C2)nn1. The lowest BCUT2D eigenvalue weighted by Crippen LogP contribution is -2.36. The normalized spacial score (nSPS) is 18.4. The van der Waals surface area contributed by atoms with E-state index in [1.807, 2.05) is 18.2 Å². The minimum absolute atomic E-state index is 0.0115. The molecule has 1 N–H and O–H groups in total. The van der Waals surface area contributed by atoms with E-state index in [-0.39, 0.29) is 29.3 Å². The van der Waals surface area contributed by atoms with E-state index in [4.69, 9.17) is 0 Å². The molecule has 27 heavy (non-hydrogen) atoms. The van der Waals surface area contributed by atoms with Gasteiger partial charge < -0.3 is 10.2 Å². The van der Waals surface area contributed by atoms with Gasteiger partial charge in [-0.2, -0.15) is 0 Å². The van der Waals surface area contributed by atoms with Crippen LogP contribution in [0, 0.1) is 0 Å². The van der Waals surface area contributed by atoms with Crippen LogP contribution in [0.25, 0.3) is 0 Å². The van der Waals surface area contributed by atoms with E-state index in [0.717, 1.165) is 5.56 Å². The molecule has 1 aliphatic heterocycles. The number of carbonyl (C=O) groups is 1. The molecule has 1 unspecified atom stereocenters. The zero-order valence-electron chi connectivity index (χ0n) is 15.5. The van der Waals surface area contributed by atoms with Crippen LogP contribution in [-0.4, -0.2) is 48.1 Å². The molecule has 144 valence electrons. The fourth-order valence-electron chi connectivity index (χ4n) is 3.08. The minimum Gasteiger partial charge on any atom is -0.348 e. The minimum atomic E-state index is -3.04. The van der Waals surface area contributed by atoms with Crippen molar-refractivity contribution < 1.29 is 13.2 Å². The monoisotopic (exact) mass is 388 g/mol. The molecule has 1 aromatic carbocycles. The highest BCUT2D eigenvalue weighted by Gasteiger charge is 2.29. The Morgan fingerprint density at radius 3 is 2.48 bits per heavy atom. The van der Waals surface area contributed by atoms with Crippen LogP contribution in [0.3, 0.4) is 0 Å². The number of amides is 1. The Kier molecular flexibility index (Phi) is 5.74. The second kappa shape index (κ2) is 8.04. The third-order valence-corrected chi connectivity index (χ3v) is 6.33. The summed E-state index contributed by atoms with van der Waals surface area (Å²) in [5.41, 5.74) is 1.35. The van der Waals surface area contributed by atoms with Gasteiger partial charge in [-0.05, 0) is 38.0 Å². The van der Waals surface area contributed by atoms with Crippen LogP contribution < -0.4 is 10.2 Å². The summed E-state index contributed by atoms with van der Waals surface area (Å²) in [6.45, 7) is 4.84. The molecule has 0 radical (unpaired) electrons. The first-order valence-corrected chi connectivity index (χ1v) is 10.8. The molecule has 2 aromatic rings. The molecular weight excluding hydrogens is 364 g/mol. The first kappa shape index (κ1) is 19.3. The lowest BCUT2D eigenvalue weighted by Gasteiger charge is -2.27. The molecular formula is C19H24N4O3S.